The summed E-state index contributed by atoms with van der Waals surface area (Å²) in [5, 5.41) is 0.280. The third-order valence-corrected chi connectivity index (χ3v) is 9.50. The lowest BCUT2D eigenvalue weighted by atomic mass is 9.92. The second-order valence-corrected chi connectivity index (χ2v) is 12.5. The van der Waals surface area contributed by atoms with Gasteiger partial charge in [-0.05, 0) is 48.7 Å². The highest BCUT2D eigenvalue weighted by Crippen LogP contribution is 2.40. The van der Waals surface area contributed by atoms with Crippen LogP contribution >= 0.6 is 0 Å². The van der Waals surface area contributed by atoms with Crippen LogP contribution in [0.1, 0.15) is 39.2 Å². The average Bonchev–Trinajstić information content (AvgIpc) is 2.40. The second-order valence-electron chi connectivity index (χ2n) is 7.75. The van der Waals surface area contributed by atoms with Crippen LogP contribution in [0.3, 0.4) is 0 Å². The van der Waals surface area contributed by atoms with Gasteiger partial charge in [0.15, 0.2) is 8.32 Å². The molecule has 1 saturated carbocycles. The summed E-state index contributed by atoms with van der Waals surface area (Å²) in [5.74, 6) is 0.884. The van der Waals surface area contributed by atoms with Crippen molar-refractivity contribution in [2.24, 2.45) is 0 Å². The van der Waals surface area contributed by atoms with E-state index in [1.807, 2.05) is 12.1 Å². The van der Waals surface area contributed by atoms with Gasteiger partial charge in [0.2, 0.25) is 0 Å². The van der Waals surface area contributed by atoms with E-state index in [-0.39, 0.29) is 5.04 Å². The van der Waals surface area contributed by atoms with Gasteiger partial charge in [-0.3, -0.25) is 0 Å². The molecule has 4 heteroatoms. The number of rotatable bonds is 6. The summed E-state index contributed by atoms with van der Waals surface area (Å²) < 4.78 is 17.5. The molecular formula is C18H30O3Si. The van der Waals surface area contributed by atoms with Gasteiger partial charge in [-0.1, -0.05) is 32.9 Å². The van der Waals surface area contributed by atoms with Gasteiger partial charge in [-0.15, -0.1) is 0 Å². The lowest BCUT2D eigenvalue weighted by Gasteiger charge is -2.44. The first kappa shape index (κ1) is 17.5. The standard InChI is InChI=1S/C18H30O3Si/c1-18(2,3)22(5,6)21-17-11-16(12-17)20-13-14-7-9-15(19-4)10-8-14/h7-10,16-17H,11-13H2,1-6H3. The van der Waals surface area contributed by atoms with E-state index in [1.165, 1.54) is 5.56 Å². The number of benzene rings is 1. The number of methoxy groups -OCH3 is 1. The van der Waals surface area contributed by atoms with E-state index < -0.39 is 8.32 Å². The molecule has 0 bridgehead atoms. The summed E-state index contributed by atoms with van der Waals surface area (Å²) in [4.78, 5) is 0. The first-order valence-corrected chi connectivity index (χ1v) is 11.0. The fourth-order valence-electron chi connectivity index (χ4n) is 2.28. The van der Waals surface area contributed by atoms with Crippen LogP contribution in [0.4, 0.5) is 0 Å². The van der Waals surface area contributed by atoms with Crippen molar-refractivity contribution in [3.8, 4) is 5.75 Å². The molecule has 0 heterocycles. The van der Waals surface area contributed by atoms with Gasteiger partial charge in [0.25, 0.3) is 0 Å². The molecule has 22 heavy (non-hydrogen) atoms. The van der Waals surface area contributed by atoms with E-state index in [0.29, 0.717) is 18.8 Å². The monoisotopic (exact) mass is 322 g/mol. The summed E-state index contributed by atoms with van der Waals surface area (Å²) in [5.41, 5.74) is 1.19. The summed E-state index contributed by atoms with van der Waals surface area (Å²) in [6, 6.07) is 8.06. The Bertz CT molecular complexity index is 470. The molecule has 1 aliphatic rings. The minimum absolute atomic E-state index is 0.280. The Morgan fingerprint density at radius 2 is 1.64 bits per heavy atom. The first-order valence-electron chi connectivity index (χ1n) is 8.13. The number of ether oxygens (including phenoxy) is 2. The molecule has 0 saturated heterocycles. The van der Waals surface area contributed by atoms with Crippen molar-refractivity contribution < 1.29 is 13.9 Å². The van der Waals surface area contributed by atoms with E-state index >= 15 is 0 Å². The van der Waals surface area contributed by atoms with Gasteiger partial charge in [-0.25, -0.2) is 0 Å². The van der Waals surface area contributed by atoms with E-state index in [0.717, 1.165) is 18.6 Å². The Labute approximate surface area is 136 Å². The summed E-state index contributed by atoms with van der Waals surface area (Å²) in [6.07, 6.45) is 2.80. The molecule has 0 unspecified atom stereocenters. The Morgan fingerprint density at radius 3 is 2.14 bits per heavy atom. The smallest absolute Gasteiger partial charge is 0.192 e. The van der Waals surface area contributed by atoms with Crippen LogP contribution in [-0.2, 0) is 15.8 Å². The fraction of sp³-hybridized carbons (Fsp3) is 0.667. The van der Waals surface area contributed by atoms with Crippen LogP contribution in [0.25, 0.3) is 0 Å². The van der Waals surface area contributed by atoms with Crippen molar-refractivity contribution >= 4 is 8.32 Å². The Kier molecular flexibility index (Phi) is 5.36. The normalized spacial score (nSPS) is 22.3. The molecule has 1 aliphatic carbocycles. The molecule has 1 aromatic carbocycles. The van der Waals surface area contributed by atoms with Gasteiger partial charge in [-0.2, -0.15) is 0 Å². The fourth-order valence-corrected chi connectivity index (χ4v) is 3.66. The largest absolute Gasteiger partial charge is 0.497 e. The molecule has 0 atom stereocenters. The van der Waals surface area contributed by atoms with Crippen molar-refractivity contribution in [3.05, 3.63) is 29.8 Å². The molecule has 124 valence electrons. The SMILES string of the molecule is COc1ccc(COC2CC(O[Si](C)(C)C(C)(C)C)C2)cc1. The van der Waals surface area contributed by atoms with Gasteiger partial charge in [0.05, 0.1) is 19.8 Å². The molecule has 1 aromatic rings. The highest BCUT2D eigenvalue weighted by atomic mass is 28.4. The van der Waals surface area contributed by atoms with Crippen molar-refractivity contribution in [2.45, 2.75) is 70.6 Å². The van der Waals surface area contributed by atoms with Gasteiger partial charge in [0, 0.05) is 6.10 Å². The van der Waals surface area contributed by atoms with Gasteiger partial charge in [0.1, 0.15) is 5.75 Å². The molecular weight excluding hydrogens is 292 g/mol. The van der Waals surface area contributed by atoms with Crippen LogP contribution in [-0.4, -0.2) is 27.6 Å². The highest BCUT2D eigenvalue weighted by Gasteiger charge is 2.42. The topological polar surface area (TPSA) is 27.7 Å². The second kappa shape index (κ2) is 6.73. The van der Waals surface area contributed by atoms with Gasteiger partial charge < -0.3 is 13.9 Å². The zero-order valence-electron chi connectivity index (χ0n) is 14.8. The predicted octanol–water partition coefficient (Wildman–Crippen LogP) is 4.76. The van der Waals surface area contributed by atoms with E-state index in [2.05, 4.69) is 46.0 Å². The van der Waals surface area contributed by atoms with Crippen LogP contribution in [0.15, 0.2) is 24.3 Å². The van der Waals surface area contributed by atoms with Gasteiger partial charge >= 0.3 is 0 Å². The van der Waals surface area contributed by atoms with Crippen molar-refractivity contribution in [2.75, 3.05) is 7.11 Å². The molecule has 0 N–H and O–H groups in total. The lowest BCUT2D eigenvalue weighted by Crippen LogP contribution is -2.49. The summed E-state index contributed by atoms with van der Waals surface area (Å²) in [7, 11) is 0.0488. The van der Waals surface area contributed by atoms with Crippen molar-refractivity contribution in [1.82, 2.24) is 0 Å². The minimum Gasteiger partial charge on any atom is -0.497 e. The molecule has 1 fully saturated rings. The Balaban J connectivity index is 1.71. The Morgan fingerprint density at radius 1 is 1.05 bits per heavy atom. The van der Waals surface area contributed by atoms with Crippen molar-refractivity contribution in [3.63, 3.8) is 0 Å². The van der Waals surface area contributed by atoms with Crippen LogP contribution in [0.2, 0.25) is 18.1 Å². The third-order valence-electron chi connectivity index (χ3n) is 4.96. The lowest BCUT2D eigenvalue weighted by molar-refractivity contribution is -0.0726. The molecule has 0 spiro atoms. The van der Waals surface area contributed by atoms with Crippen molar-refractivity contribution in [1.29, 1.82) is 0 Å². The molecule has 0 radical (unpaired) electrons. The average molecular weight is 323 g/mol. The third kappa shape index (κ3) is 4.34. The minimum atomic E-state index is -1.63. The van der Waals surface area contributed by atoms with E-state index in [4.69, 9.17) is 13.9 Å². The zero-order valence-corrected chi connectivity index (χ0v) is 15.8. The molecule has 0 aliphatic heterocycles. The molecule has 0 aromatic heterocycles. The zero-order chi connectivity index (χ0) is 16.4. The summed E-state index contributed by atoms with van der Waals surface area (Å²) >= 11 is 0. The maximum Gasteiger partial charge on any atom is 0.192 e. The first-order chi connectivity index (χ1) is 10.2. The molecule has 3 nitrogen and oxygen atoms in total. The predicted molar refractivity (Wildman–Crippen MR) is 92.9 cm³/mol. The Hall–Kier alpha value is -0.843. The van der Waals surface area contributed by atoms with Crippen LogP contribution < -0.4 is 4.74 Å². The van der Waals surface area contributed by atoms with Crippen LogP contribution in [0.5, 0.6) is 5.75 Å². The van der Waals surface area contributed by atoms with Crippen LogP contribution in [0, 0.1) is 0 Å². The van der Waals surface area contributed by atoms with E-state index in [1.54, 1.807) is 7.11 Å². The number of hydrogen-bond acceptors (Lipinski definition) is 3. The maximum absolute atomic E-state index is 6.39. The highest BCUT2D eigenvalue weighted by molar-refractivity contribution is 6.74. The quantitative estimate of drug-likeness (QED) is 0.706. The summed E-state index contributed by atoms with van der Waals surface area (Å²) in [6.45, 7) is 12.2. The molecule has 0 amide bonds. The number of hydrogen-bond donors (Lipinski definition) is 0. The van der Waals surface area contributed by atoms with E-state index in [9.17, 15) is 0 Å². The maximum atomic E-state index is 6.39. The molecule has 2 rings (SSSR count).